The molecule has 170 valence electrons. The van der Waals surface area contributed by atoms with Crippen LogP contribution in [0.3, 0.4) is 0 Å². The van der Waals surface area contributed by atoms with Crippen LogP contribution in [-0.2, 0) is 23.1 Å². The van der Waals surface area contributed by atoms with Gasteiger partial charge in [0.2, 0.25) is 10.0 Å². The lowest BCUT2D eigenvalue weighted by Crippen LogP contribution is -2.30. The van der Waals surface area contributed by atoms with Crippen molar-refractivity contribution in [1.29, 1.82) is 0 Å². The fourth-order valence-corrected chi connectivity index (χ4v) is 5.00. The van der Waals surface area contributed by atoms with Gasteiger partial charge >= 0.3 is 0 Å². The largest absolute Gasteiger partial charge is 0.497 e. The van der Waals surface area contributed by atoms with E-state index in [9.17, 15) is 8.42 Å². The van der Waals surface area contributed by atoms with Gasteiger partial charge in [0, 0.05) is 13.1 Å². The molecule has 0 fully saturated rings. The Morgan fingerprint density at radius 1 is 0.688 bits per heavy atom. The lowest BCUT2D eigenvalue weighted by molar-refractivity contribution is 0.381. The van der Waals surface area contributed by atoms with Crippen LogP contribution in [0, 0.1) is 13.8 Å². The minimum absolute atomic E-state index is 0.158. The molecule has 0 heterocycles. The number of ether oxygens (including phenoxy) is 3. The molecule has 0 aliphatic rings. The number of sulfonamides is 1. The molecule has 3 rings (SSSR count). The van der Waals surface area contributed by atoms with E-state index in [1.807, 2.05) is 62.4 Å². The first-order chi connectivity index (χ1) is 15.3. The van der Waals surface area contributed by atoms with Gasteiger partial charge in [0.15, 0.2) is 0 Å². The lowest BCUT2D eigenvalue weighted by Gasteiger charge is -2.24. The van der Waals surface area contributed by atoms with Crippen LogP contribution in [0.15, 0.2) is 65.6 Å². The van der Waals surface area contributed by atoms with Gasteiger partial charge in [-0.1, -0.05) is 24.3 Å². The molecule has 7 heteroatoms. The highest BCUT2D eigenvalue weighted by molar-refractivity contribution is 7.89. The van der Waals surface area contributed by atoms with E-state index in [0.29, 0.717) is 17.2 Å². The Morgan fingerprint density at radius 2 is 1.12 bits per heavy atom. The van der Waals surface area contributed by atoms with Crippen LogP contribution in [0.5, 0.6) is 17.2 Å². The molecule has 0 radical (unpaired) electrons. The van der Waals surface area contributed by atoms with Gasteiger partial charge in [-0.3, -0.25) is 0 Å². The van der Waals surface area contributed by atoms with E-state index < -0.39 is 10.0 Å². The first-order valence-corrected chi connectivity index (χ1v) is 11.6. The zero-order chi connectivity index (χ0) is 23.3. The van der Waals surface area contributed by atoms with E-state index in [-0.39, 0.29) is 18.0 Å². The lowest BCUT2D eigenvalue weighted by atomic mass is 10.1. The van der Waals surface area contributed by atoms with Crippen molar-refractivity contribution in [3.8, 4) is 17.2 Å². The standard InChI is InChI=1S/C25H29NO5S/c1-18-14-24(31-5)25(15-19(18)2)32(27,28)26(16-20-6-10-22(29-3)11-7-20)17-21-8-12-23(30-4)13-9-21/h6-15H,16-17H2,1-5H3. The molecule has 0 N–H and O–H groups in total. The molecule has 6 nitrogen and oxygen atoms in total. The van der Waals surface area contributed by atoms with Crippen molar-refractivity contribution in [3.63, 3.8) is 0 Å². The second-order valence-electron chi connectivity index (χ2n) is 7.56. The molecular formula is C25H29NO5S. The predicted octanol–water partition coefficient (Wildman–Crippen LogP) is 4.72. The normalized spacial score (nSPS) is 11.4. The minimum atomic E-state index is -3.87. The molecule has 0 saturated carbocycles. The van der Waals surface area contributed by atoms with Crippen LogP contribution in [-0.4, -0.2) is 34.1 Å². The van der Waals surface area contributed by atoms with Gasteiger partial charge in [-0.25, -0.2) is 8.42 Å². The highest BCUT2D eigenvalue weighted by atomic mass is 32.2. The van der Waals surface area contributed by atoms with E-state index in [1.54, 1.807) is 26.4 Å². The van der Waals surface area contributed by atoms with Crippen LogP contribution < -0.4 is 14.2 Å². The summed E-state index contributed by atoms with van der Waals surface area (Å²) in [5.41, 5.74) is 3.56. The van der Waals surface area contributed by atoms with Crippen molar-refractivity contribution >= 4 is 10.0 Å². The Kier molecular flexibility index (Phi) is 7.43. The van der Waals surface area contributed by atoms with Gasteiger partial charge in [-0.2, -0.15) is 4.31 Å². The van der Waals surface area contributed by atoms with Crippen molar-refractivity contribution in [2.24, 2.45) is 0 Å². The van der Waals surface area contributed by atoms with Gasteiger partial charge in [0.1, 0.15) is 22.1 Å². The third kappa shape index (κ3) is 5.23. The maximum Gasteiger partial charge on any atom is 0.247 e. The molecule has 3 aromatic carbocycles. The van der Waals surface area contributed by atoms with E-state index in [2.05, 4.69) is 0 Å². The molecule has 3 aromatic rings. The Bertz CT molecular complexity index is 1110. The second-order valence-corrected chi connectivity index (χ2v) is 9.46. The first kappa shape index (κ1) is 23.6. The molecule has 32 heavy (non-hydrogen) atoms. The Hall–Kier alpha value is -3.03. The van der Waals surface area contributed by atoms with Crippen LogP contribution in [0.2, 0.25) is 0 Å². The van der Waals surface area contributed by atoms with E-state index in [0.717, 1.165) is 22.3 Å². The molecule has 0 unspecified atom stereocenters. The monoisotopic (exact) mass is 455 g/mol. The number of hydrogen-bond donors (Lipinski definition) is 0. The summed E-state index contributed by atoms with van der Waals surface area (Å²) in [5, 5.41) is 0. The summed E-state index contributed by atoms with van der Waals surface area (Å²) in [6, 6.07) is 18.2. The summed E-state index contributed by atoms with van der Waals surface area (Å²) in [6.07, 6.45) is 0. The van der Waals surface area contributed by atoms with Crippen molar-refractivity contribution in [3.05, 3.63) is 82.9 Å². The van der Waals surface area contributed by atoms with Gasteiger partial charge < -0.3 is 14.2 Å². The Morgan fingerprint density at radius 3 is 1.53 bits per heavy atom. The number of hydrogen-bond acceptors (Lipinski definition) is 5. The third-order valence-electron chi connectivity index (χ3n) is 5.43. The average molecular weight is 456 g/mol. The summed E-state index contributed by atoms with van der Waals surface area (Å²) < 4.78 is 45.0. The van der Waals surface area contributed by atoms with Crippen LogP contribution >= 0.6 is 0 Å². The minimum Gasteiger partial charge on any atom is -0.497 e. The fraction of sp³-hybridized carbons (Fsp3) is 0.280. The molecule has 0 amide bonds. The third-order valence-corrected chi connectivity index (χ3v) is 7.25. The number of methoxy groups -OCH3 is 3. The maximum absolute atomic E-state index is 13.8. The molecule has 0 aliphatic carbocycles. The van der Waals surface area contributed by atoms with Crippen LogP contribution in [0.25, 0.3) is 0 Å². The second kappa shape index (κ2) is 10.1. The number of aryl methyl sites for hydroxylation is 2. The van der Waals surface area contributed by atoms with E-state index in [4.69, 9.17) is 14.2 Å². The van der Waals surface area contributed by atoms with Crippen molar-refractivity contribution in [2.75, 3.05) is 21.3 Å². The van der Waals surface area contributed by atoms with Gasteiger partial charge in [0.05, 0.1) is 21.3 Å². The molecular weight excluding hydrogens is 426 g/mol. The zero-order valence-electron chi connectivity index (χ0n) is 19.1. The predicted molar refractivity (Wildman–Crippen MR) is 125 cm³/mol. The summed E-state index contributed by atoms with van der Waals surface area (Å²) in [5.74, 6) is 1.77. The number of nitrogens with zero attached hydrogens (tertiary/aromatic N) is 1. The van der Waals surface area contributed by atoms with Crippen molar-refractivity contribution < 1.29 is 22.6 Å². The van der Waals surface area contributed by atoms with Crippen molar-refractivity contribution in [1.82, 2.24) is 4.31 Å². The van der Waals surface area contributed by atoms with E-state index in [1.165, 1.54) is 11.4 Å². The Labute approximate surface area is 190 Å². The molecule has 0 saturated heterocycles. The number of benzene rings is 3. The van der Waals surface area contributed by atoms with Crippen LogP contribution in [0.4, 0.5) is 0 Å². The topological polar surface area (TPSA) is 65.1 Å². The summed E-state index contributed by atoms with van der Waals surface area (Å²) in [4.78, 5) is 0.158. The van der Waals surface area contributed by atoms with Gasteiger partial charge in [-0.05, 0) is 72.5 Å². The first-order valence-electron chi connectivity index (χ1n) is 10.2. The smallest absolute Gasteiger partial charge is 0.247 e. The van der Waals surface area contributed by atoms with E-state index >= 15 is 0 Å². The average Bonchev–Trinajstić information content (AvgIpc) is 2.81. The summed E-state index contributed by atoms with van der Waals surface area (Å²) in [6.45, 7) is 4.23. The zero-order valence-corrected chi connectivity index (χ0v) is 19.9. The number of rotatable bonds is 9. The molecule has 0 spiro atoms. The highest BCUT2D eigenvalue weighted by Crippen LogP contribution is 2.32. The maximum atomic E-state index is 13.8. The summed E-state index contributed by atoms with van der Waals surface area (Å²) in [7, 11) is 0.819. The Balaban J connectivity index is 2.04. The molecule has 0 atom stereocenters. The SMILES string of the molecule is COc1ccc(CN(Cc2ccc(OC)cc2)S(=O)(=O)c2cc(C)c(C)cc2OC)cc1. The molecule has 0 bridgehead atoms. The quantitative estimate of drug-likeness (QED) is 0.467. The molecule has 0 aromatic heterocycles. The summed E-state index contributed by atoms with van der Waals surface area (Å²) >= 11 is 0. The van der Waals surface area contributed by atoms with Crippen molar-refractivity contribution in [2.45, 2.75) is 31.8 Å². The van der Waals surface area contributed by atoms with Crippen LogP contribution in [0.1, 0.15) is 22.3 Å². The van der Waals surface area contributed by atoms with Gasteiger partial charge in [-0.15, -0.1) is 0 Å². The highest BCUT2D eigenvalue weighted by Gasteiger charge is 2.29. The van der Waals surface area contributed by atoms with Gasteiger partial charge in [0.25, 0.3) is 0 Å². The fourth-order valence-electron chi connectivity index (χ4n) is 3.36. The molecule has 0 aliphatic heterocycles.